The van der Waals surface area contributed by atoms with Crippen LogP contribution in [0.25, 0.3) is 0 Å². The van der Waals surface area contributed by atoms with Crippen LogP contribution >= 0.6 is 34.8 Å². The van der Waals surface area contributed by atoms with Crippen LogP contribution in [0.2, 0.25) is 15.1 Å². The Kier molecular flexibility index (Phi) is 8.39. The summed E-state index contributed by atoms with van der Waals surface area (Å²) in [5.41, 5.74) is -0.111. The van der Waals surface area contributed by atoms with Crippen molar-refractivity contribution in [1.29, 1.82) is 0 Å². The van der Waals surface area contributed by atoms with Crippen LogP contribution < -0.4 is 5.32 Å². The number of sulfonamides is 1. The number of hydrogen-bond acceptors (Lipinski definition) is 3. The van der Waals surface area contributed by atoms with Gasteiger partial charge >= 0.3 is 6.18 Å². The lowest BCUT2D eigenvalue weighted by atomic mass is 10.2. The predicted octanol–water partition coefficient (Wildman–Crippen LogP) is 6.80. The zero-order valence-electron chi connectivity index (χ0n) is 18.0. The molecule has 35 heavy (non-hydrogen) atoms. The molecule has 3 aromatic rings. The van der Waals surface area contributed by atoms with E-state index in [9.17, 15) is 26.4 Å². The van der Waals surface area contributed by atoms with E-state index >= 15 is 0 Å². The highest BCUT2D eigenvalue weighted by atomic mass is 35.5. The van der Waals surface area contributed by atoms with E-state index in [1.165, 1.54) is 36.4 Å². The minimum Gasteiger partial charge on any atom is -0.325 e. The molecule has 0 aliphatic rings. The first-order chi connectivity index (χ1) is 16.3. The van der Waals surface area contributed by atoms with Crippen molar-refractivity contribution in [2.75, 3.05) is 11.9 Å². The second-order valence-electron chi connectivity index (χ2n) is 7.56. The molecule has 0 fully saturated rings. The zero-order chi connectivity index (χ0) is 26.0. The maximum atomic E-state index is 13.4. The third-order valence-electron chi connectivity index (χ3n) is 4.90. The summed E-state index contributed by atoms with van der Waals surface area (Å²) < 4.78 is 67.0. The van der Waals surface area contributed by atoms with Gasteiger partial charge in [-0.1, -0.05) is 58.6 Å². The fourth-order valence-corrected chi connectivity index (χ4v) is 5.17. The smallest absolute Gasteiger partial charge is 0.325 e. The van der Waals surface area contributed by atoms with Gasteiger partial charge in [-0.05, 0) is 55.0 Å². The number of benzene rings is 3. The van der Waals surface area contributed by atoms with Crippen LogP contribution in [0, 0.1) is 6.92 Å². The molecule has 0 saturated heterocycles. The first-order valence-corrected chi connectivity index (χ1v) is 12.5. The topological polar surface area (TPSA) is 66.5 Å². The van der Waals surface area contributed by atoms with Crippen molar-refractivity contribution in [3.05, 3.63) is 92.4 Å². The molecule has 0 spiro atoms. The summed E-state index contributed by atoms with van der Waals surface area (Å²) in [6.07, 6.45) is -4.73. The second-order valence-corrected chi connectivity index (χ2v) is 10.8. The van der Waals surface area contributed by atoms with E-state index in [-0.39, 0.29) is 22.2 Å². The predicted molar refractivity (Wildman–Crippen MR) is 130 cm³/mol. The first kappa shape index (κ1) is 27.3. The molecule has 0 aliphatic heterocycles. The van der Waals surface area contributed by atoms with Gasteiger partial charge in [-0.3, -0.25) is 4.79 Å². The molecule has 1 N–H and O–H groups in total. The van der Waals surface area contributed by atoms with Crippen molar-refractivity contribution in [3.8, 4) is 0 Å². The second kappa shape index (κ2) is 10.8. The van der Waals surface area contributed by atoms with Gasteiger partial charge in [-0.2, -0.15) is 17.5 Å². The van der Waals surface area contributed by atoms with E-state index in [1.54, 1.807) is 19.1 Å². The molecular formula is C23H18Cl3F3N2O3S. The lowest BCUT2D eigenvalue weighted by molar-refractivity contribution is -0.137. The summed E-state index contributed by atoms with van der Waals surface area (Å²) in [7, 11) is -4.19. The van der Waals surface area contributed by atoms with Crippen LogP contribution in [0.4, 0.5) is 18.9 Å². The Balaban J connectivity index is 1.92. The monoisotopic (exact) mass is 564 g/mol. The molecule has 0 radical (unpaired) electrons. The number of nitrogens with zero attached hydrogens (tertiary/aromatic N) is 1. The molecule has 0 atom stereocenters. The number of aryl methyl sites for hydroxylation is 1. The number of alkyl halides is 3. The van der Waals surface area contributed by atoms with Gasteiger partial charge in [0.05, 0.1) is 22.0 Å². The van der Waals surface area contributed by atoms with E-state index in [4.69, 9.17) is 34.8 Å². The summed E-state index contributed by atoms with van der Waals surface area (Å²) in [6.45, 7) is 0.809. The zero-order valence-corrected chi connectivity index (χ0v) is 21.1. The number of hydrogen-bond donors (Lipinski definition) is 1. The Morgan fingerprint density at radius 2 is 1.60 bits per heavy atom. The minimum absolute atomic E-state index is 0.0631. The first-order valence-electron chi connectivity index (χ1n) is 9.95. The van der Waals surface area contributed by atoms with Crippen molar-refractivity contribution in [3.63, 3.8) is 0 Å². The fraction of sp³-hybridized carbons (Fsp3) is 0.174. The number of nitrogens with one attached hydrogen (secondary N) is 1. The van der Waals surface area contributed by atoms with Gasteiger partial charge in [0.15, 0.2) is 0 Å². The van der Waals surface area contributed by atoms with E-state index in [0.717, 1.165) is 15.9 Å². The number of halogens is 6. The van der Waals surface area contributed by atoms with E-state index in [2.05, 4.69) is 5.32 Å². The van der Waals surface area contributed by atoms with Crippen LogP contribution in [-0.4, -0.2) is 25.2 Å². The van der Waals surface area contributed by atoms with Gasteiger partial charge in [0.1, 0.15) is 0 Å². The molecular weight excluding hydrogens is 548 g/mol. The third kappa shape index (κ3) is 6.89. The summed E-state index contributed by atoms with van der Waals surface area (Å²) in [5, 5.41) is 2.30. The van der Waals surface area contributed by atoms with Crippen molar-refractivity contribution in [2.24, 2.45) is 0 Å². The summed E-state index contributed by atoms with van der Waals surface area (Å²) in [4.78, 5) is 12.7. The normalized spacial score (nSPS) is 12.1. The maximum Gasteiger partial charge on any atom is 0.417 e. The Hall–Kier alpha value is -2.30. The average Bonchev–Trinajstić information content (AvgIpc) is 2.76. The SMILES string of the molecule is Cc1ccc(S(=O)(=O)N(CC(=O)Nc2ccc(Cl)c(C(F)(F)F)c2)Cc2ccc(Cl)cc2Cl)cc1. The van der Waals surface area contributed by atoms with Crippen LogP contribution in [0.3, 0.4) is 0 Å². The van der Waals surface area contributed by atoms with Gasteiger partial charge < -0.3 is 5.32 Å². The van der Waals surface area contributed by atoms with Gasteiger partial charge in [0.25, 0.3) is 0 Å². The Morgan fingerprint density at radius 3 is 2.20 bits per heavy atom. The Bertz CT molecular complexity index is 1350. The lowest BCUT2D eigenvalue weighted by Crippen LogP contribution is -2.37. The van der Waals surface area contributed by atoms with Gasteiger partial charge in [0.2, 0.25) is 15.9 Å². The molecule has 3 rings (SSSR count). The van der Waals surface area contributed by atoms with E-state index < -0.39 is 39.2 Å². The highest BCUT2D eigenvalue weighted by molar-refractivity contribution is 7.89. The van der Waals surface area contributed by atoms with E-state index in [1.807, 2.05) is 0 Å². The summed E-state index contributed by atoms with van der Waals surface area (Å²) in [6, 6.07) is 13.3. The summed E-state index contributed by atoms with van der Waals surface area (Å²) >= 11 is 17.7. The molecule has 186 valence electrons. The van der Waals surface area contributed by atoms with Crippen LogP contribution in [0.5, 0.6) is 0 Å². The van der Waals surface area contributed by atoms with Crippen molar-refractivity contribution in [1.82, 2.24) is 4.31 Å². The summed E-state index contributed by atoms with van der Waals surface area (Å²) in [5.74, 6) is -0.860. The number of amides is 1. The van der Waals surface area contributed by atoms with Crippen molar-refractivity contribution >= 4 is 56.4 Å². The molecule has 5 nitrogen and oxygen atoms in total. The number of rotatable bonds is 7. The number of carbonyl (C=O) groups excluding carboxylic acids is 1. The highest BCUT2D eigenvalue weighted by Crippen LogP contribution is 2.36. The third-order valence-corrected chi connectivity index (χ3v) is 7.62. The highest BCUT2D eigenvalue weighted by Gasteiger charge is 2.34. The largest absolute Gasteiger partial charge is 0.417 e. The quantitative estimate of drug-likeness (QED) is 0.342. The molecule has 0 aromatic heterocycles. The van der Waals surface area contributed by atoms with Gasteiger partial charge in [0, 0.05) is 22.3 Å². The standard InChI is InChI=1S/C23H18Cl3F3N2O3S/c1-14-2-7-18(8-3-14)35(33,34)31(12-15-4-5-16(24)10-21(15)26)13-22(32)30-17-6-9-20(25)19(11-17)23(27,28)29/h2-11H,12-13H2,1H3,(H,30,32). The van der Waals surface area contributed by atoms with Crippen LogP contribution in [0.1, 0.15) is 16.7 Å². The van der Waals surface area contributed by atoms with E-state index in [0.29, 0.717) is 16.7 Å². The number of anilines is 1. The Morgan fingerprint density at radius 1 is 0.943 bits per heavy atom. The molecule has 12 heteroatoms. The molecule has 0 aliphatic carbocycles. The van der Waals surface area contributed by atoms with Crippen molar-refractivity contribution in [2.45, 2.75) is 24.5 Å². The maximum absolute atomic E-state index is 13.4. The van der Waals surface area contributed by atoms with Gasteiger partial charge in [-0.25, -0.2) is 8.42 Å². The van der Waals surface area contributed by atoms with Gasteiger partial charge in [-0.15, -0.1) is 0 Å². The molecule has 0 bridgehead atoms. The van der Waals surface area contributed by atoms with Crippen molar-refractivity contribution < 1.29 is 26.4 Å². The fourth-order valence-electron chi connectivity index (χ4n) is 3.11. The molecule has 0 saturated carbocycles. The molecule has 0 unspecified atom stereocenters. The van der Waals surface area contributed by atoms with Crippen LogP contribution in [0.15, 0.2) is 65.6 Å². The number of carbonyl (C=O) groups is 1. The van der Waals surface area contributed by atoms with Crippen LogP contribution in [-0.2, 0) is 27.5 Å². The molecule has 0 heterocycles. The molecule has 3 aromatic carbocycles. The molecule has 1 amide bonds. The average molecular weight is 566 g/mol. The lowest BCUT2D eigenvalue weighted by Gasteiger charge is -2.23. The minimum atomic E-state index is -4.73. The Labute approximate surface area is 215 Å².